The first-order valence-corrected chi connectivity index (χ1v) is 8.32. The van der Waals surface area contributed by atoms with Crippen LogP contribution in [0.1, 0.15) is 42.4 Å². The zero-order chi connectivity index (χ0) is 19.0. The minimum absolute atomic E-state index is 0.187. The van der Waals surface area contributed by atoms with Crippen molar-refractivity contribution in [2.24, 2.45) is 0 Å². The van der Waals surface area contributed by atoms with Crippen LogP contribution in [0, 0.1) is 6.92 Å². The minimum atomic E-state index is -0.437. The summed E-state index contributed by atoms with van der Waals surface area (Å²) in [6.07, 6.45) is 0. The van der Waals surface area contributed by atoms with Crippen LogP contribution in [0.4, 0.5) is 5.82 Å². The van der Waals surface area contributed by atoms with Crippen LogP contribution in [-0.2, 0) is 6.54 Å². The molecule has 27 heavy (non-hydrogen) atoms. The Morgan fingerprint density at radius 2 is 1.78 bits per heavy atom. The minimum Gasteiger partial charge on any atom is -0.360 e. The van der Waals surface area contributed by atoms with Gasteiger partial charge in [0.1, 0.15) is 5.76 Å². The summed E-state index contributed by atoms with van der Waals surface area (Å²) in [5, 5.41) is 6.30. The van der Waals surface area contributed by atoms with Gasteiger partial charge in [0.25, 0.3) is 17.7 Å². The smallest absolute Gasteiger partial charge is 0.261 e. The van der Waals surface area contributed by atoms with E-state index in [4.69, 9.17) is 4.52 Å². The molecular weight excluding hydrogens is 346 g/mol. The molecule has 0 atom stereocenters. The van der Waals surface area contributed by atoms with Gasteiger partial charge in [-0.1, -0.05) is 35.5 Å². The third-order valence-corrected chi connectivity index (χ3v) is 4.29. The number of anilines is 1. The summed E-state index contributed by atoms with van der Waals surface area (Å²) in [5.41, 5.74) is 1.63. The molecule has 1 aromatic heterocycles. The number of hydrogen-bond donors (Lipinski definition) is 1. The maximum absolute atomic E-state index is 12.7. The summed E-state index contributed by atoms with van der Waals surface area (Å²) >= 11 is 0. The lowest BCUT2D eigenvalue weighted by atomic mass is 10.1. The van der Waals surface area contributed by atoms with Gasteiger partial charge in [0.15, 0.2) is 5.82 Å². The van der Waals surface area contributed by atoms with Gasteiger partial charge < -0.3 is 9.84 Å². The fourth-order valence-electron chi connectivity index (χ4n) is 2.96. The highest BCUT2D eigenvalue weighted by molar-refractivity contribution is 6.22. The Balaban J connectivity index is 1.57. The van der Waals surface area contributed by atoms with Crippen molar-refractivity contribution in [2.45, 2.75) is 13.5 Å². The van der Waals surface area contributed by atoms with Crippen molar-refractivity contribution in [3.63, 3.8) is 0 Å². The fraction of sp³-hybridized carbons (Fsp3) is 0.100. The largest absolute Gasteiger partial charge is 0.360 e. The Hall–Kier alpha value is -3.74. The molecule has 1 aliphatic rings. The van der Waals surface area contributed by atoms with Gasteiger partial charge in [-0.05, 0) is 30.7 Å². The van der Waals surface area contributed by atoms with Crippen LogP contribution in [0.25, 0.3) is 0 Å². The lowest BCUT2D eigenvalue weighted by Crippen LogP contribution is -2.29. The zero-order valence-corrected chi connectivity index (χ0v) is 14.4. The molecule has 0 saturated carbocycles. The van der Waals surface area contributed by atoms with Crippen molar-refractivity contribution in [3.8, 4) is 0 Å². The molecule has 2 aromatic carbocycles. The van der Waals surface area contributed by atoms with Crippen LogP contribution in [0.2, 0.25) is 0 Å². The number of aryl methyl sites for hydroxylation is 1. The van der Waals surface area contributed by atoms with Crippen molar-refractivity contribution in [3.05, 3.63) is 82.6 Å². The van der Waals surface area contributed by atoms with Crippen molar-refractivity contribution in [1.82, 2.24) is 10.1 Å². The molecule has 4 rings (SSSR count). The molecule has 2 heterocycles. The van der Waals surface area contributed by atoms with Gasteiger partial charge in [0.2, 0.25) is 0 Å². The van der Waals surface area contributed by atoms with Gasteiger partial charge in [0.05, 0.1) is 17.7 Å². The van der Waals surface area contributed by atoms with Crippen LogP contribution in [0.5, 0.6) is 0 Å². The average molecular weight is 361 g/mol. The molecule has 1 aliphatic heterocycles. The topological polar surface area (TPSA) is 92.5 Å². The predicted molar refractivity (Wildman–Crippen MR) is 96.3 cm³/mol. The van der Waals surface area contributed by atoms with E-state index in [9.17, 15) is 14.4 Å². The summed E-state index contributed by atoms with van der Waals surface area (Å²) in [5.74, 6) is -0.362. The van der Waals surface area contributed by atoms with E-state index in [1.54, 1.807) is 13.0 Å². The number of fused-ring (bicyclic) bond motifs is 1. The summed E-state index contributed by atoms with van der Waals surface area (Å²) in [6.45, 7) is 1.90. The standard InChI is InChI=1S/C20H15N3O4/c1-12-9-17(22-27-12)21-18(24)14-7-8-15-16(10-14)20(26)23(19(15)25)11-13-5-3-2-4-6-13/h2-10H,11H2,1H3,(H,21,22,24). The van der Waals surface area contributed by atoms with Crippen LogP contribution in [0.15, 0.2) is 59.1 Å². The van der Waals surface area contributed by atoms with E-state index < -0.39 is 11.8 Å². The summed E-state index contributed by atoms with van der Waals surface area (Å²) in [7, 11) is 0. The molecule has 3 amide bonds. The molecule has 0 saturated heterocycles. The number of aromatic nitrogens is 1. The monoisotopic (exact) mass is 361 g/mol. The first-order valence-electron chi connectivity index (χ1n) is 8.32. The van der Waals surface area contributed by atoms with Crippen molar-refractivity contribution < 1.29 is 18.9 Å². The van der Waals surface area contributed by atoms with Gasteiger partial charge in [-0.25, -0.2) is 0 Å². The first kappa shape index (κ1) is 16.7. The van der Waals surface area contributed by atoms with Crippen LogP contribution >= 0.6 is 0 Å². The number of nitrogens with zero attached hydrogens (tertiary/aromatic N) is 2. The van der Waals surface area contributed by atoms with Gasteiger partial charge >= 0.3 is 0 Å². The Bertz CT molecular complexity index is 1060. The third kappa shape index (κ3) is 3.10. The maximum Gasteiger partial charge on any atom is 0.261 e. The number of amides is 3. The molecule has 7 heteroatoms. The molecule has 7 nitrogen and oxygen atoms in total. The first-order chi connectivity index (χ1) is 13.0. The Labute approximate surface area is 154 Å². The molecule has 1 N–H and O–H groups in total. The molecule has 0 spiro atoms. The second kappa shape index (κ2) is 6.53. The average Bonchev–Trinajstić information content (AvgIpc) is 3.19. The van der Waals surface area contributed by atoms with E-state index >= 15 is 0 Å². The van der Waals surface area contributed by atoms with E-state index in [2.05, 4.69) is 10.5 Å². The van der Waals surface area contributed by atoms with Gasteiger partial charge in [-0.2, -0.15) is 0 Å². The number of hydrogen-bond acceptors (Lipinski definition) is 5. The predicted octanol–water partition coefficient (Wildman–Crippen LogP) is 3.03. The summed E-state index contributed by atoms with van der Waals surface area (Å²) < 4.78 is 4.91. The van der Waals surface area contributed by atoms with Gasteiger partial charge in [-0.3, -0.25) is 19.3 Å². The van der Waals surface area contributed by atoms with Crippen LogP contribution < -0.4 is 5.32 Å². The highest BCUT2D eigenvalue weighted by Gasteiger charge is 2.36. The van der Waals surface area contributed by atoms with Crippen molar-refractivity contribution in [2.75, 3.05) is 5.32 Å². The van der Waals surface area contributed by atoms with Crippen LogP contribution in [-0.4, -0.2) is 27.8 Å². The van der Waals surface area contributed by atoms with E-state index in [-0.39, 0.29) is 29.4 Å². The SMILES string of the molecule is Cc1cc(NC(=O)c2ccc3c(c2)C(=O)N(Cc2ccccc2)C3=O)no1. The summed E-state index contributed by atoms with van der Waals surface area (Å²) in [6, 6.07) is 15.3. The summed E-state index contributed by atoms with van der Waals surface area (Å²) in [4.78, 5) is 38.8. The van der Waals surface area contributed by atoms with E-state index in [0.29, 0.717) is 11.3 Å². The van der Waals surface area contributed by atoms with E-state index in [1.807, 2.05) is 30.3 Å². The molecule has 0 bridgehead atoms. The highest BCUT2D eigenvalue weighted by atomic mass is 16.5. The molecule has 3 aromatic rings. The van der Waals surface area contributed by atoms with E-state index in [0.717, 1.165) is 5.56 Å². The molecule has 134 valence electrons. The second-order valence-corrected chi connectivity index (χ2v) is 6.22. The zero-order valence-electron chi connectivity index (χ0n) is 14.4. The number of rotatable bonds is 4. The maximum atomic E-state index is 12.7. The van der Waals surface area contributed by atoms with Crippen LogP contribution in [0.3, 0.4) is 0 Å². The number of carbonyl (C=O) groups is 3. The second-order valence-electron chi connectivity index (χ2n) is 6.22. The molecule has 0 fully saturated rings. The molecule has 0 radical (unpaired) electrons. The molecular formula is C20H15N3O4. The Kier molecular flexibility index (Phi) is 4.04. The Morgan fingerprint density at radius 1 is 1.04 bits per heavy atom. The quantitative estimate of drug-likeness (QED) is 0.721. The lowest BCUT2D eigenvalue weighted by Gasteiger charge is -2.13. The Morgan fingerprint density at radius 3 is 2.48 bits per heavy atom. The number of nitrogens with one attached hydrogen (secondary N) is 1. The van der Waals surface area contributed by atoms with Gasteiger partial charge in [-0.15, -0.1) is 0 Å². The third-order valence-electron chi connectivity index (χ3n) is 4.29. The number of imide groups is 1. The van der Waals surface area contributed by atoms with Gasteiger partial charge in [0, 0.05) is 11.6 Å². The van der Waals surface area contributed by atoms with E-state index in [1.165, 1.54) is 23.1 Å². The number of carbonyl (C=O) groups excluding carboxylic acids is 3. The van der Waals surface area contributed by atoms with Crippen molar-refractivity contribution in [1.29, 1.82) is 0 Å². The molecule has 0 unspecified atom stereocenters. The number of benzene rings is 2. The highest BCUT2D eigenvalue weighted by Crippen LogP contribution is 2.26. The lowest BCUT2D eigenvalue weighted by molar-refractivity contribution is 0.0642. The molecule has 0 aliphatic carbocycles. The van der Waals surface area contributed by atoms with Crippen molar-refractivity contribution >= 4 is 23.5 Å². The fourth-order valence-corrected chi connectivity index (χ4v) is 2.96. The normalized spacial score (nSPS) is 13.0.